The number of carbonyl (C=O) groups is 1. The van der Waals surface area contributed by atoms with Gasteiger partial charge in [0.15, 0.2) is 11.6 Å². The second-order valence-corrected chi connectivity index (χ2v) is 11.3. The van der Waals surface area contributed by atoms with E-state index in [1.54, 1.807) is 11.0 Å². The van der Waals surface area contributed by atoms with E-state index < -0.39 is 11.4 Å². The van der Waals surface area contributed by atoms with E-state index in [1.165, 1.54) is 24.6 Å². The summed E-state index contributed by atoms with van der Waals surface area (Å²) in [6.45, 7) is 9.37. The molecule has 2 fully saturated rings. The van der Waals surface area contributed by atoms with Crippen LogP contribution in [0.5, 0.6) is 5.75 Å². The summed E-state index contributed by atoms with van der Waals surface area (Å²) >= 11 is 6.73. The number of rotatable bonds is 3. The van der Waals surface area contributed by atoms with E-state index in [9.17, 15) is 14.3 Å². The van der Waals surface area contributed by atoms with Gasteiger partial charge in [-0.1, -0.05) is 17.7 Å². The number of anilines is 2. The molecule has 2 saturated heterocycles. The Kier molecular flexibility index (Phi) is 7.22. The first-order valence-corrected chi connectivity index (χ1v) is 13.5. The maximum Gasteiger partial charge on any atom is 0.410 e. The molecule has 38 heavy (non-hydrogen) atoms. The van der Waals surface area contributed by atoms with Gasteiger partial charge in [0.1, 0.15) is 17.2 Å². The Balaban J connectivity index is 1.54. The number of piperazine rings is 1. The fraction of sp³-hybridized carbons (Fsp3) is 0.464. The number of piperidine rings is 1. The van der Waals surface area contributed by atoms with Crippen molar-refractivity contribution in [2.75, 3.05) is 49.1 Å². The van der Waals surface area contributed by atoms with E-state index in [-0.39, 0.29) is 17.4 Å². The highest BCUT2D eigenvalue weighted by atomic mass is 35.5. The third-order valence-corrected chi connectivity index (χ3v) is 7.29. The van der Waals surface area contributed by atoms with Gasteiger partial charge >= 0.3 is 6.09 Å². The van der Waals surface area contributed by atoms with Crippen LogP contribution in [-0.4, -0.2) is 71.2 Å². The van der Waals surface area contributed by atoms with Crippen LogP contribution in [0.1, 0.15) is 40.0 Å². The van der Waals surface area contributed by atoms with Gasteiger partial charge in [-0.25, -0.2) is 9.18 Å². The summed E-state index contributed by atoms with van der Waals surface area (Å²) < 4.78 is 20.4. The molecule has 1 N–H and O–H groups in total. The van der Waals surface area contributed by atoms with Gasteiger partial charge in [-0.05, 0) is 64.3 Å². The molecule has 2 aliphatic rings. The van der Waals surface area contributed by atoms with Crippen molar-refractivity contribution in [1.82, 2.24) is 15.1 Å². The quantitative estimate of drug-likeness (QED) is 0.446. The minimum atomic E-state index is -0.554. The number of fused-ring (bicyclic) bond motifs is 1. The summed E-state index contributed by atoms with van der Waals surface area (Å²) in [6.07, 6.45) is 2.96. The molecule has 0 saturated carbocycles. The van der Waals surface area contributed by atoms with Gasteiger partial charge in [-0.2, -0.15) is 0 Å². The summed E-state index contributed by atoms with van der Waals surface area (Å²) in [6, 6.07) is 7.82. The molecule has 5 rings (SSSR count). The van der Waals surface area contributed by atoms with Gasteiger partial charge in [-0.15, -0.1) is 10.2 Å². The van der Waals surface area contributed by atoms with Gasteiger partial charge in [0.2, 0.25) is 0 Å². The summed E-state index contributed by atoms with van der Waals surface area (Å²) in [4.78, 5) is 18.5. The number of halogens is 2. The molecule has 2 aliphatic heterocycles. The average Bonchev–Trinajstić information content (AvgIpc) is 2.88. The largest absolute Gasteiger partial charge is 0.507 e. The first-order chi connectivity index (χ1) is 18.1. The fourth-order valence-electron chi connectivity index (χ4n) is 5.12. The second kappa shape index (κ2) is 10.4. The Hall–Kier alpha value is -3.33. The Labute approximate surface area is 226 Å². The maximum atomic E-state index is 14.8. The van der Waals surface area contributed by atoms with Crippen molar-refractivity contribution in [2.45, 2.75) is 45.6 Å². The zero-order valence-electron chi connectivity index (χ0n) is 22.0. The normalized spacial score (nSPS) is 16.7. The predicted octanol–water partition coefficient (Wildman–Crippen LogP) is 5.84. The summed E-state index contributed by atoms with van der Waals surface area (Å²) in [5.74, 6) is 0.665. The van der Waals surface area contributed by atoms with Crippen molar-refractivity contribution in [3.63, 3.8) is 0 Å². The molecule has 10 heteroatoms. The lowest BCUT2D eigenvalue weighted by Crippen LogP contribution is -2.50. The molecular formula is C28H33ClFN5O3. The van der Waals surface area contributed by atoms with Crippen LogP contribution in [0.25, 0.3) is 21.9 Å². The number of carbonyl (C=O) groups excluding carboxylic acids is 1. The number of ether oxygens (including phenoxy) is 1. The maximum absolute atomic E-state index is 14.8. The van der Waals surface area contributed by atoms with Crippen LogP contribution in [0, 0.1) is 5.82 Å². The summed E-state index contributed by atoms with van der Waals surface area (Å²) in [7, 11) is 0. The average molecular weight is 542 g/mol. The molecule has 0 spiro atoms. The molecule has 1 amide bonds. The van der Waals surface area contributed by atoms with Crippen LogP contribution in [0.4, 0.5) is 20.8 Å². The van der Waals surface area contributed by atoms with Gasteiger partial charge in [0.05, 0.1) is 5.56 Å². The topological polar surface area (TPSA) is 82.0 Å². The highest BCUT2D eigenvalue weighted by Gasteiger charge is 2.29. The first kappa shape index (κ1) is 26.3. The SMILES string of the molecule is CC(C)(C)OC(=O)N1CCN(c2nnc(N3CCCCC3)c3cc(-c4c(O)cccc4F)c(Cl)cc23)CC1. The van der Waals surface area contributed by atoms with Gasteiger partial charge < -0.3 is 24.5 Å². The zero-order chi connectivity index (χ0) is 27.0. The van der Waals surface area contributed by atoms with Crippen molar-refractivity contribution < 1.29 is 19.0 Å². The van der Waals surface area contributed by atoms with Crippen LogP contribution >= 0.6 is 11.6 Å². The Morgan fingerprint density at radius 1 is 0.947 bits per heavy atom. The van der Waals surface area contributed by atoms with Crippen LogP contribution in [0.2, 0.25) is 5.02 Å². The molecule has 8 nitrogen and oxygen atoms in total. The molecule has 0 bridgehead atoms. The van der Waals surface area contributed by atoms with Crippen molar-refractivity contribution in [2.24, 2.45) is 0 Å². The minimum absolute atomic E-state index is 0.0633. The predicted molar refractivity (Wildman–Crippen MR) is 148 cm³/mol. The van der Waals surface area contributed by atoms with Gasteiger partial charge in [-0.3, -0.25) is 0 Å². The number of phenols is 1. The third kappa shape index (κ3) is 5.29. The molecule has 3 heterocycles. The van der Waals surface area contributed by atoms with Crippen LogP contribution < -0.4 is 9.80 Å². The van der Waals surface area contributed by atoms with Gasteiger partial charge in [0.25, 0.3) is 0 Å². The lowest BCUT2D eigenvalue weighted by molar-refractivity contribution is 0.0240. The van der Waals surface area contributed by atoms with Crippen LogP contribution in [0.3, 0.4) is 0 Å². The molecule has 0 aliphatic carbocycles. The molecule has 0 atom stereocenters. The number of aromatic nitrogens is 2. The molecular weight excluding hydrogens is 509 g/mol. The number of hydrogen-bond donors (Lipinski definition) is 1. The number of phenolic OH excluding ortho intramolecular Hbond substituents is 1. The summed E-state index contributed by atoms with van der Waals surface area (Å²) in [5, 5.41) is 21.7. The fourth-order valence-corrected chi connectivity index (χ4v) is 5.38. The van der Waals surface area contributed by atoms with Crippen LogP contribution in [0.15, 0.2) is 30.3 Å². The number of amides is 1. The monoisotopic (exact) mass is 541 g/mol. The van der Waals surface area contributed by atoms with Crippen molar-refractivity contribution >= 4 is 40.1 Å². The number of aromatic hydroxyl groups is 1. The highest BCUT2D eigenvalue weighted by Crippen LogP contribution is 2.42. The molecule has 2 aromatic carbocycles. The number of hydrogen-bond acceptors (Lipinski definition) is 7. The molecule has 1 aromatic heterocycles. The van der Waals surface area contributed by atoms with Crippen molar-refractivity contribution in [1.29, 1.82) is 0 Å². The lowest BCUT2D eigenvalue weighted by atomic mass is 9.99. The molecule has 202 valence electrons. The van der Waals surface area contributed by atoms with Crippen molar-refractivity contribution in [3.05, 3.63) is 41.2 Å². The minimum Gasteiger partial charge on any atom is -0.507 e. The van der Waals surface area contributed by atoms with E-state index in [2.05, 4.69) is 20.0 Å². The summed E-state index contributed by atoms with van der Waals surface area (Å²) in [5.41, 5.74) is -0.0866. The van der Waals surface area contributed by atoms with E-state index in [0.29, 0.717) is 42.6 Å². The van der Waals surface area contributed by atoms with E-state index in [0.717, 1.165) is 42.5 Å². The standard InChI is InChI=1S/C28H33ClFN5O3/c1-28(2,3)38-27(37)35-14-12-34(13-15-35)26-19-17-21(29)20(24-22(30)8-7-9-23(24)36)16-18(19)25(31-32-26)33-10-5-4-6-11-33/h7-9,16-17,36H,4-6,10-15H2,1-3H3. The Morgan fingerprint density at radius 2 is 1.55 bits per heavy atom. The third-order valence-electron chi connectivity index (χ3n) is 6.98. The molecule has 0 unspecified atom stereocenters. The van der Waals surface area contributed by atoms with E-state index in [4.69, 9.17) is 16.3 Å². The smallest absolute Gasteiger partial charge is 0.410 e. The van der Waals surface area contributed by atoms with Crippen LogP contribution in [-0.2, 0) is 4.74 Å². The number of nitrogens with zero attached hydrogens (tertiary/aromatic N) is 5. The van der Waals surface area contributed by atoms with E-state index in [1.807, 2.05) is 26.8 Å². The Morgan fingerprint density at radius 3 is 2.16 bits per heavy atom. The second-order valence-electron chi connectivity index (χ2n) is 10.9. The van der Waals surface area contributed by atoms with E-state index >= 15 is 0 Å². The first-order valence-electron chi connectivity index (χ1n) is 13.1. The zero-order valence-corrected chi connectivity index (χ0v) is 22.8. The van der Waals surface area contributed by atoms with Gasteiger partial charge in [0, 0.05) is 60.6 Å². The highest BCUT2D eigenvalue weighted by molar-refractivity contribution is 6.34. The Bertz CT molecular complexity index is 1330. The lowest BCUT2D eigenvalue weighted by Gasteiger charge is -2.36. The molecule has 3 aromatic rings. The molecule has 0 radical (unpaired) electrons. The number of benzene rings is 2. The van der Waals surface area contributed by atoms with Crippen molar-refractivity contribution in [3.8, 4) is 16.9 Å².